The quantitative estimate of drug-likeness (QED) is 0.641. The first kappa shape index (κ1) is 15.5. The molecule has 0 spiro atoms. The second-order valence-corrected chi connectivity index (χ2v) is 5.60. The van der Waals surface area contributed by atoms with Crippen molar-refractivity contribution in [1.29, 1.82) is 0 Å². The topological polar surface area (TPSA) is 40.5 Å². The molecule has 1 N–H and O–H groups in total. The minimum absolute atomic E-state index is 0.122. The summed E-state index contributed by atoms with van der Waals surface area (Å²) in [5.74, 6) is -0.734. The lowest BCUT2D eigenvalue weighted by atomic mass is 9.98. The maximum Gasteiger partial charge on any atom is 0.307 e. The number of rotatable bonds is 9. The number of nitrogens with zero attached hydrogens (tertiary/aromatic N) is 1. The number of carbonyl (C=O) groups is 1. The molecular formula is C15H29NO2. The van der Waals surface area contributed by atoms with Crippen LogP contribution >= 0.6 is 0 Å². The highest BCUT2D eigenvalue weighted by atomic mass is 16.4. The Morgan fingerprint density at radius 3 is 2.50 bits per heavy atom. The number of unbranched alkanes of at least 4 members (excludes halogenated alkanes) is 6. The molecule has 0 aliphatic carbocycles. The standard InChI is InChI=1S/C15H29NO2/c1-2-3-4-5-6-7-8-11-16-12-9-10-14(13-16)15(17)18/h14H,2-13H2,1H3,(H,17,18). The van der Waals surface area contributed by atoms with E-state index in [4.69, 9.17) is 5.11 Å². The van der Waals surface area contributed by atoms with Crippen molar-refractivity contribution in [1.82, 2.24) is 4.90 Å². The number of aliphatic carboxylic acids is 1. The Balaban J connectivity index is 2.00. The Morgan fingerprint density at radius 1 is 1.17 bits per heavy atom. The molecule has 1 aliphatic rings. The number of carboxylic acid groups (broad SMARTS) is 1. The second kappa shape index (κ2) is 9.37. The van der Waals surface area contributed by atoms with Crippen molar-refractivity contribution < 1.29 is 9.90 Å². The summed E-state index contributed by atoms with van der Waals surface area (Å²) in [6.07, 6.45) is 11.2. The average molecular weight is 255 g/mol. The molecule has 0 radical (unpaired) electrons. The molecular weight excluding hydrogens is 226 g/mol. The minimum Gasteiger partial charge on any atom is -0.481 e. The molecule has 106 valence electrons. The fourth-order valence-corrected chi connectivity index (χ4v) is 2.75. The van der Waals surface area contributed by atoms with Crippen molar-refractivity contribution in [3.05, 3.63) is 0 Å². The van der Waals surface area contributed by atoms with Gasteiger partial charge in [0.2, 0.25) is 0 Å². The fourth-order valence-electron chi connectivity index (χ4n) is 2.75. The van der Waals surface area contributed by atoms with Crippen molar-refractivity contribution in [3.8, 4) is 0 Å². The lowest BCUT2D eigenvalue weighted by molar-refractivity contribution is -0.143. The second-order valence-electron chi connectivity index (χ2n) is 5.60. The van der Waals surface area contributed by atoms with E-state index < -0.39 is 5.97 Å². The van der Waals surface area contributed by atoms with Gasteiger partial charge in [0.1, 0.15) is 0 Å². The molecule has 3 nitrogen and oxygen atoms in total. The lowest BCUT2D eigenvalue weighted by Gasteiger charge is -2.30. The van der Waals surface area contributed by atoms with Gasteiger partial charge in [-0.2, -0.15) is 0 Å². The normalized spacial score (nSPS) is 21.1. The summed E-state index contributed by atoms with van der Waals surface area (Å²) < 4.78 is 0. The molecule has 18 heavy (non-hydrogen) atoms. The molecule has 1 atom stereocenters. The summed E-state index contributed by atoms with van der Waals surface area (Å²) in [6.45, 7) is 5.21. The van der Waals surface area contributed by atoms with E-state index in [0.717, 1.165) is 32.5 Å². The highest BCUT2D eigenvalue weighted by Gasteiger charge is 2.24. The highest BCUT2D eigenvalue weighted by Crippen LogP contribution is 2.17. The average Bonchev–Trinajstić information content (AvgIpc) is 2.38. The molecule has 0 aromatic heterocycles. The third-order valence-electron chi connectivity index (χ3n) is 3.93. The number of carboxylic acids is 1. The van der Waals surface area contributed by atoms with Crippen molar-refractivity contribution >= 4 is 5.97 Å². The van der Waals surface area contributed by atoms with E-state index in [0.29, 0.717) is 0 Å². The van der Waals surface area contributed by atoms with Gasteiger partial charge in [0.25, 0.3) is 0 Å². The molecule has 1 heterocycles. The van der Waals surface area contributed by atoms with E-state index in [1.165, 1.54) is 44.9 Å². The first-order valence-corrected chi connectivity index (χ1v) is 7.69. The van der Waals surface area contributed by atoms with Gasteiger partial charge in [0.05, 0.1) is 5.92 Å². The van der Waals surface area contributed by atoms with Gasteiger partial charge in [0, 0.05) is 6.54 Å². The summed E-state index contributed by atoms with van der Waals surface area (Å²) in [7, 11) is 0. The third kappa shape index (κ3) is 6.39. The molecule has 0 aromatic rings. The molecule has 1 unspecified atom stereocenters. The first-order chi connectivity index (χ1) is 8.74. The van der Waals surface area contributed by atoms with Gasteiger partial charge in [0.15, 0.2) is 0 Å². The van der Waals surface area contributed by atoms with Crippen molar-refractivity contribution in [3.63, 3.8) is 0 Å². The van der Waals surface area contributed by atoms with E-state index in [2.05, 4.69) is 11.8 Å². The van der Waals surface area contributed by atoms with Crippen LogP contribution in [0, 0.1) is 5.92 Å². The van der Waals surface area contributed by atoms with E-state index >= 15 is 0 Å². The van der Waals surface area contributed by atoms with E-state index in [1.54, 1.807) is 0 Å². The predicted molar refractivity (Wildman–Crippen MR) is 74.8 cm³/mol. The van der Waals surface area contributed by atoms with Crippen molar-refractivity contribution in [2.24, 2.45) is 5.92 Å². The lowest BCUT2D eigenvalue weighted by Crippen LogP contribution is -2.39. The van der Waals surface area contributed by atoms with Crippen LogP contribution in [0.2, 0.25) is 0 Å². The van der Waals surface area contributed by atoms with Crippen LogP contribution in [0.25, 0.3) is 0 Å². The van der Waals surface area contributed by atoms with Gasteiger partial charge in [-0.15, -0.1) is 0 Å². The van der Waals surface area contributed by atoms with E-state index in [9.17, 15) is 4.79 Å². The zero-order valence-electron chi connectivity index (χ0n) is 11.9. The zero-order chi connectivity index (χ0) is 13.2. The Morgan fingerprint density at radius 2 is 1.83 bits per heavy atom. The number of likely N-dealkylation sites (tertiary alicyclic amines) is 1. The molecule has 0 aromatic carbocycles. The molecule has 0 bridgehead atoms. The van der Waals surface area contributed by atoms with Crippen molar-refractivity contribution in [2.75, 3.05) is 19.6 Å². The van der Waals surface area contributed by atoms with Crippen LogP contribution in [0.1, 0.15) is 64.7 Å². The maximum absolute atomic E-state index is 10.9. The number of hydrogen-bond acceptors (Lipinski definition) is 2. The van der Waals surface area contributed by atoms with Crippen molar-refractivity contribution in [2.45, 2.75) is 64.7 Å². The van der Waals surface area contributed by atoms with Crippen LogP contribution < -0.4 is 0 Å². The fraction of sp³-hybridized carbons (Fsp3) is 0.933. The minimum atomic E-state index is -0.612. The molecule has 1 aliphatic heterocycles. The molecule has 0 amide bonds. The number of hydrogen-bond donors (Lipinski definition) is 1. The Bertz CT molecular complexity index is 231. The van der Waals surface area contributed by atoms with Gasteiger partial charge in [-0.1, -0.05) is 45.4 Å². The Labute approximate surface area is 112 Å². The van der Waals surface area contributed by atoms with Crippen LogP contribution in [0.3, 0.4) is 0 Å². The number of piperidine rings is 1. The van der Waals surface area contributed by atoms with Crippen LogP contribution in [0.5, 0.6) is 0 Å². The zero-order valence-corrected chi connectivity index (χ0v) is 11.9. The molecule has 1 rings (SSSR count). The summed E-state index contributed by atoms with van der Waals surface area (Å²) in [6, 6.07) is 0. The van der Waals surface area contributed by atoms with Gasteiger partial charge >= 0.3 is 5.97 Å². The molecule has 1 fully saturated rings. The molecule has 3 heteroatoms. The first-order valence-electron chi connectivity index (χ1n) is 7.69. The molecule has 1 saturated heterocycles. The van der Waals surface area contributed by atoms with Crippen LogP contribution in [0.15, 0.2) is 0 Å². The third-order valence-corrected chi connectivity index (χ3v) is 3.93. The Hall–Kier alpha value is -0.570. The van der Waals surface area contributed by atoms with Crippen LogP contribution in [-0.4, -0.2) is 35.6 Å². The summed E-state index contributed by atoms with van der Waals surface area (Å²) in [4.78, 5) is 13.3. The van der Waals surface area contributed by atoms with E-state index in [1.807, 2.05) is 0 Å². The van der Waals surface area contributed by atoms with Gasteiger partial charge in [-0.3, -0.25) is 4.79 Å². The highest BCUT2D eigenvalue weighted by molar-refractivity contribution is 5.70. The monoisotopic (exact) mass is 255 g/mol. The van der Waals surface area contributed by atoms with Gasteiger partial charge in [-0.05, 0) is 32.4 Å². The van der Waals surface area contributed by atoms with Gasteiger partial charge < -0.3 is 10.0 Å². The predicted octanol–water partition coefficient (Wildman–Crippen LogP) is 3.53. The van der Waals surface area contributed by atoms with Crippen LogP contribution in [-0.2, 0) is 4.79 Å². The van der Waals surface area contributed by atoms with E-state index in [-0.39, 0.29) is 5.92 Å². The summed E-state index contributed by atoms with van der Waals surface area (Å²) in [5.41, 5.74) is 0. The maximum atomic E-state index is 10.9. The Kier molecular flexibility index (Phi) is 8.06. The largest absolute Gasteiger partial charge is 0.481 e. The van der Waals surface area contributed by atoms with Gasteiger partial charge in [-0.25, -0.2) is 0 Å². The summed E-state index contributed by atoms with van der Waals surface area (Å²) in [5, 5.41) is 9.02. The smallest absolute Gasteiger partial charge is 0.307 e. The summed E-state index contributed by atoms with van der Waals surface area (Å²) >= 11 is 0. The molecule has 0 saturated carbocycles. The van der Waals surface area contributed by atoms with Crippen LogP contribution in [0.4, 0.5) is 0 Å². The SMILES string of the molecule is CCCCCCCCCN1CCCC(C(=O)O)C1.